The molecule has 0 spiro atoms. The maximum absolute atomic E-state index is 12.7. The summed E-state index contributed by atoms with van der Waals surface area (Å²) < 4.78 is 10.0. The number of ether oxygens (including phenoxy) is 2. The first-order valence-corrected chi connectivity index (χ1v) is 10.6. The monoisotopic (exact) mass is 448 g/mol. The van der Waals surface area contributed by atoms with Crippen LogP contribution in [-0.2, 0) is 28.7 Å². The maximum Gasteiger partial charge on any atom is 0.352 e. The molecule has 0 aromatic carbocycles. The van der Waals surface area contributed by atoms with E-state index >= 15 is 0 Å². The number of carbonyl (C=O) groups is 4. The lowest BCUT2D eigenvalue weighted by atomic mass is 10.00. The van der Waals surface area contributed by atoms with Gasteiger partial charge in [-0.2, -0.15) is 0 Å². The van der Waals surface area contributed by atoms with Gasteiger partial charge in [-0.25, -0.2) is 4.79 Å². The zero-order chi connectivity index (χ0) is 22.3. The smallest absolute Gasteiger partial charge is 0.352 e. The molecule has 3 atom stereocenters. The van der Waals surface area contributed by atoms with Crippen molar-refractivity contribution in [3.8, 4) is 0 Å². The average molecular weight is 448 g/mol. The number of aliphatic hydroxyl groups is 1. The summed E-state index contributed by atoms with van der Waals surface area (Å²) in [6.07, 6.45) is 4.45. The summed E-state index contributed by atoms with van der Waals surface area (Å²) in [5.41, 5.74) is 2.29. The molecule has 4 aliphatic rings. The number of rotatable bonds is 6. The lowest BCUT2D eigenvalue weighted by Crippen LogP contribution is -2.71. The molecule has 11 heteroatoms. The fourth-order valence-corrected chi connectivity index (χ4v) is 5.29. The molecule has 3 aliphatic heterocycles. The van der Waals surface area contributed by atoms with Gasteiger partial charge in [0.25, 0.3) is 11.8 Å². The number of hydrogen-bond donors (Lipinski definition) is 3. The number of carboxylic acids is 1. The van der Waals surface area contributed by atoms with Gasteiger partial charge in [0.15, 0.2) is 6.10 Å². The first-order chi connectivity index (χ1) is 14.8. The van der Waals surface area contributed by atoms with Crippen molar-refractivity contribution in [2.75, 3.05) is 12.4 Å². The Morgan fingerprint density at radius 3 is 2.87 bits per heavy atom. The predicted octanol–water partition coefficient (Wildman–Crippen LogP) is 0.167. The van der Waals surface area contributed by atoms with Crippen LogP contribution in [0.4, 0.5) is 0 Å². The van der Waals surface area contributed by atoms with Crippen LogP contribution in [0.1, 0.15) is 19.8 Å². The van der Waals surface area contributed by atoms with Crippen LogP contribution in [0, 0.1) is 0 Å². The third-order valence-electron chi connectivity index (χ3n) is 5.45. The zero-order valence-corrected chi connectivity index (χ0v) is 17.3. The van der Waals surface area contributed by atoms with Crippen molar-refractivity contribution in [2.45, 2.75) is 37.3 Å². The molecular formula is C20H20N2O8S. The summed E-state index contributed by atoms with van der Waals surface area (Å²) in [7, 11) is 0. The first-order valence-electron chi connectivity index (χ1n) is 9.56. The standard InChI is InChI=1S/C20H20N2O8S/c1-9(23)30-7-11-8-31-19-14(18(26)22(19)15(11)20(27)28)21-17(25)16(24)13-3-2-10-6-29-5-4-12(10)13/h4-6,14,16,19,24H,2-3,7-8H2,1H3,(H,21,25)(H,27,28). The van der Waals surface area contributed by atoms with Gasteiger partial charge in [-0.3, -0.25) is 19.3 Å². The van der Waals surface area contributed by atoms with Crippen molar-refractivity contribution in [3.63, 3.8) is 0 Å². The third kappa shape index (κ3) is 3.74. The normalized spacial score (nSPS) is 25.2. The van der Waals surface area contributed by atoms with Gasteiger partial charge in [-0.05, 0) is 35.6 Å². The summed E-state index contributed by atoms with van der Waals surface area (Å²) in [6.45, 7) is 0.987. The lowest BCUT2D eigenvalue weighted by Gasteiger charge is -2.49. The van der Waals surface area contributed by atoms with Gasteiger partial charge in [0.2, 0.25) is 0 Å². The molecule has 0 saturated carbocycles. The molecule has 0 bridgehead atoms. The molecule has 1 fully saturated rings. The van der Waals surface area contributed by atoms with Crippen LogP contribution < -0.4 is 5.32 Å². The van der Waals surface area contributed by atoms with E-state index in [4.69, 9.17) is 9.47 Å². The number of thioether (sulfide) groups is 1. The summed E-state index contributed by atoms with van der Waals surface area (Å²) in [6, 6.07) is -0.955. The number of fused-ring (bicyclic) bond motifs is 2. The molecule has 1 saturated heterocycles. The number of carboxylic acid groups (broad SMARTS) is 1. The Labute approximate surface area is 181 Å². The number of esters is 1. The molecule has 0 radical (unpaired) electrons. The van der Waals surface area contributed by atoms with E-state index in [9.17, 15) is 29.4 Å². The fourth-order valence-electron chi connectivity index (χ4n) is 3.97. The van der Waals surface area contributed by atoms with Crippen molar-refractivity contribution in [1.29, 1.82) is 0 Å². The number of carbonyl (C=O) groups excluding carboxylic acids is 3. The number of amides is 2. The van der Waals surface area contributed by atoms with Gasteiger partial charge in [0.05, 0.1) is 12.5 Å². The molecule has 10 nitrogen and oxygen atoms in total. The molecular weight excluding hydrogens is 428 g/mol. The fraction of sp³-hybridized carbons (Fsp3) is 0.400. The number of β-lactam (4-membered cyclic amide) rings is 1. The highest BCUT2D eigenvalue weighted by atomic mass is 32.2. The van der Waals surface area contributed by atoms with E-state index in [1.54, 1.807) is 12.3 Å². The molecule has 3 N–H and O–H groups in total. The van der Waals surface area contributed by atoms with Gasteiger partial charge >= 0.3 is 11.9 Å². The Morgan fingerprint density at radius 1 is 1.39 bits per heavy atom. The molecule has 164 valence electrons. The summed E-state index contributed by atoms with van der Waals surface area (Å²) >= 11 is 1.26. The van der Waals surface area contributed by atoms with E-state index in [-0.39, 0.29) is 18.1 Å². The summed E-state index contributed by atoms with van der Waals surface area (Å²) in [5.74, 6) is -2.95. The van der Waals surface area contributed by atoms with Gasteiger partial charge < -0.3 is 25.0 Å². The van der Waals surface area contributed by atoms with Crippen LogP contribution in [-0.4, -0.2) is 68.7 Å². The van der Waals surface area contributed by atoms with E-state index < -0.39 is 41.3 Å². The minimum Gasteiger partial charge on any atom is -0.477 e. The van der Waals surface area contributed by atoms with E-state index in [1.165, 1.54) is 24.9 Å². The first kappa shape index (κ1) is 21.2. The summed E-state index contributed by atoms with van der Waals surface area (Å²) in [4.78, 5) is 49.2. The summed E-state index contributed by atoms with van der Waals surface area (Å²) in [5, 5.41) is 22.1. The second kappa shape index (κ2) is 8.23. The largest absolute Gasteiger partial charge is 0.477 e. The van der Waals surface area contributed by atoms with Crippen molar-refractivity contribution in [3.05, 3.63) is 46.6 Å². The minimum atomic E-state index is -1.42. The van der Waals surface area contributed by atoms with E-state index in [0.717, 1.165) is 16.0 Å². The lowest BCUT2D eigenvalue weighted by molar-refractivity contribution is -0.151. The second-order valence-corrected chi connectivity index (χ2v) is 8.46. The number of allylic oxidation sites excluding steroid dienone is 3. The van der Waals surface area contributed by atoms with Gasteiger partial charge in [0, 0.05) is 18.2 Å². The Balaban J connectivity index is 1.47. The second-order valence-electron chi connectivity index (χ2n) is 7.36. The van der Waals surface area contributed by atoms with Crippen molar-refractivity contribution >= 4 is 35.5 Å². The molecule has 31 heavy (non-hydrogen) atoms. The maximum atomic E-state index is 12.7. The van der Waals surface area contributed by atoms with Crippen molar-refractivity contribution < 1.29 is 38.9 Å². The molecule has 3 heterocycles. The van der Waals surface area contributed by atoms with Crippen LogP contribution in [0.5, 0.6) is 0 Å². The quantitative estimate of drug-likeness (QED) is 0.383. The van der Waals surface area contributed by atoms with Crippen LogP contribution in [0.15, 0.2) is 46.6 Å². The molecule has 4 rings (SSSR count). The Kier molecular flexibility index (Phi) is 5.63. The minimum absolute atomic E-state index is 0.222. The predicted molar refractivity (Wildman–Crippen MR) is 107 cm³/mol. The number of aliphatic carboxylic acids is 1. The van der Waals surface area contributed by atoms with Gasteiger partial charge in [-0.15, -0.1) is 11.8 Å². The molecule has 1 aliphatic carbocycles. The number of aliphatic hydroxyl groups excluding tert-OH is 1. The zero-order valence-electron chi connectivity index (χ0n) is 16.5. The number of hydrogen-bond acceptors (Lipinski definition) is 8. The SMILES string of the molecule is CC(=O)OCC1=C(C(=O)O)N2C(=O)C(NC(=O)C(O)C3=C4C=COC=C4CC3)C2SC1. The van der Waals surface area contributed by atoms with Crippen LogP contribution in [0.2, 0.25) is 0 Å². The Morgan fingerprint density at radius 2 is 2.16 bits per heavy atom. The number of nitrogens with zero attached hydrogens (tertiary/aromatic N) is 1. The van der Waals surface area contributed by atoms with Crippen LogP contribution in [0.3, 0.4) is 0 Å². The van der Waals surface area contributed by atoms with E-state index in [2.05, 4.69) is 5.32 Å². The van der Waals surface area contributed by atoms with E-state index in [0.29, 0.717) is 24.0 Å². The number of nitrogens with one attached hydrogen (secondary N) is 1. The Bertz CT molecular complexity index is 995. The molecule has 0 aromatic rings. The van der Waals surface area contributed by atoms with Crippen LogP contribution >= 0.6 is 11.8 Å². The third-order valence-corrected chi connectivity index (χ3v) is 6.79. The van der Waals surface area contributed by atoms with Gasteiger partial charge in [-0.1, -0.05) is 0 Å². The molecule has 3 unspecified atom stereocenters. The average Bonchev–Trinajstić information content (AvgIpc) is 3.18. The highest BCUT2D eigenvalue weighted by Gasteiger charge is 2.54. The van der Waals surface area contributed by atoms with Crippen LogP contribution in [0.25, 0.3) is 0 Å². The highest BCUT2D eigenvalue weighted by molar-refractivity contribution is 8.00. The van der Waals surface area contributed by atoms with Gasteiger partial charge in [0.1, 0.15) is 23.7 Å². The topological polar surface area (TPSA) is 142 Å². The van der Waals surface area contributed by atoms with Crippen molar-refractivity contribution in [2.24, 2.45) is 0 Å². The Hall–Kier alpha value is -3.05. The highest BCUT2D eigenvalue weighted by Crippen LogP contribution is 2.41. The molecule has 2 amide bonds. The molecule has 0 aromatic heterocycles. The van der Waals surface area contributed by atoms with Crippen molar-refractivity contribution in [1.82, 2.24) is 10.2 Å². The van der Waals surface area contributed by atoms with E-state index in [1.807, 2.05) is 0 Å².